The Balaban J connectivity index is 1.47. The topological polar surface area (TPSA) is 88.9 Å². The summed E-state index contributed by atoms with van der Waals surface area (Å²) in [7, 11) is 0. The van der Waals surface area contributed by atoms with E-state index < -0.39 is 0 Å². The summed E-state index contributed by atoms with van der Waals surface area (Å²) < 4.78 is 2.70. The van der Waals surface area contributed by atoms with Crippen LogP contribution in [0.15, 0.2) is 65.8 Å². The number of imidazole rings is 1. The minimum Gasteiger partial charge on any atom is -0.352 e. The molecule has 1 aromatic carbocycles. The minimum absolute atomic E-state index is 0.147. The summed E-state index contributed by atoms with van der Waals surface area (Å²) in [6.07, 6.45) is 7.02. The van der Waals surface area contributed by atoms with Crippen molar-refractivity contribution >= 4 is 27.7 Å². The average molecular weight is 428 g/mol. The monoisotopic (exact) mass is 427 g/mol. The fraction of sp³-hybridized carbons (Fsp3) is 0.158. The van der Waals surface area contributed by atoms with E-state index in [1.165, 1.54) is 0 Å². The van der Waals surface area contributed by atoms with Crippen LogP contribution in [0.3, 0.4) is 0 Å². The van der Waals surface area contributed by atoms with Crippen molar-refractivity contribution in [3.8, 4) is 5.82 Å². The molecule has 2 amide bonds. The van der Waals surface area contributed by atoms with Crippen LogP contribution in [-0.4, -0.2) is 32.9 Å². The van der Waals surface area contributed by atoms with Gasteiger partial charge in [-0.25, -0.2) is 9.97 Å². The van der Waals surface area contributed by atoms with Gasteiger partial charge in [-0.2, -0.15) is 0 Å². The molecule has 2 N–H and O–H groups in total. The highest BCUT2D eigenvalue weighted by atomic mass is 79.9. The van der Waals surface area contributed by atoms with Crippen LogP contribution >= 0.6 is 15.9 Å². The van der Waals surface area contributed by atoms with E-state index in [0.717, 1.165) is 15.9 Å². The molecule has 3 rings (SSSR count). The van der Waals surface area contributed by atoms with E-state index in [1.807, 2.05) is 12.1 Å². The van der Waals surface area contributed by atoms with Gasteiger partial charge in [0, 0.05) is 53.7 Å². The van der Waals surface area contributed by atoms with Gasteiger partial charge in [-0.05, 0) is 30.3 Å². The Labute approximate surface area is 165 Å². The lowest BCUT2D eigenvalue weighted by atomic mass is 10.2. The number of hydrogen-bond acceptors (Lipinski definition) is 4. The van der Waals surface area contributed by atoms with Crippen molar-refractivity contribution in [2.24, 2.45) is 0 Å². The highest BCUT2D eigenvalue weighted by Crippen LogP contribution is 2.11. The van der Waals surface area contributed by atoms with E-state index >= 15 is 0 Å². The summed E-state index contributed by atoms with van der Waals surface area (Å²) in [5.74, 6) is 0.371. The summed E-state index contributed by atoms with van der Waals surface area (Å²) in [6.45, 7) is 0.614. The molecular weight excluding hydrogens is 410 g/mol. The minimum atomic E-state index is -0.204. The number of carbonyl (C=O) groups is 2. The molecule has 0 saturated heterocycles. The number of carbonyl (C=O) groups excluding carboxylic acids is 2. The molecule has 27 heavy (non-hydrogen) atoms. The van der Waals surface area contributed by atoms with Crippen LogP contribution in [0.5, 0.6) is 0 Å². The van der Waals surface area contributed by atoms with E-state index in [9.17, 15) is 9.59 Å². The van der Waals surface area contributed by atoms with Gasteiger partial charge >= 0.3 is 0 Å². The van der Waals surface area contributed by atoms with Crippen molar-refractivity contribution in [1.82, 2.24) is 25.2 Å². The maximum atomic E-state index is 12.1. The number of amides is 2. The van der Waals surface area contributed by atoms with Crippen molar-refractivity contribution in [2.75, 3.05) is 6.54 Å². The molecule has 2 heterocycles. The molecule has 0 aliphatic rings. The lowest BCUT2D eigenvalue weighted by Crippen LogP contribution is -2.30. The first-order valence-electron chi connectivity index (χ1n) is 8.36. The summed E-state index contributed by atoms with van der Waals surface area (Å²) in [6, 6.07) is 10.8. The largest absolute Gasteiger partial charge is 0.352 e. The van der Waals surface area contributed by atoms with Crippen molar-refractivity contribution < 1.29 is 9.59 Å². The number of aromatic nitrogens is 3. The summed E-state index contributed by atoms with van der Waals surface area (Å²) in [4.78, 5) is 32.4. The molecule has 2 aromatic heterocycles. The van der Waals surface area contributed by atoms with Gasteiger partial charge in [0.1, 0.15) is 12.1 Å². The molecule has 3 aromatic rings. The third-order valence-corrected chi connectivity index (χ3v) is 4.37. The first-order valence-corrected chi connectivity index (χ1v) is 9.15. The van der Waals surface area contributed by atoms with Crippen molar-refractivity contribution in [1.29, 1.82) is 0 Å². The third-order valence-electron chi connectivity index (χ3n) is 3.84. The van der Waals surface area contributed by atoms with Crippen LogP contribution in [-0.2, 0) is 11.3 Å². The zero-order valence-electron chi connectivity index (χ0n) is 14.4. The number of hydrogen-bond donors (Lipinski definition) is 2. The van der Waals surface area contributed by atoms with Gasteiger partial charge in [-0.15, -0.1) is 0 Å². The Morgan fingerprint density at radius 3 is 2.63 bits per heavy atom. The molecule has 0 unspecified atom stereocenters. The fourth-order valence-corrected chi connectivity index (χ4v) is 2.72. The van der Waals surface area contributed by atoms with Crippen LogP contribution in [0.2, 0.25) is 0 Å². The second kappa shape index (κ2) is 9.09. The Kier molecular flexibility index (Phi) is 6.32. The Morgan fingerprint density at radius 1 is 1.07 bits per heavy atom. The highest BCUT2D eigenvalue weighted by Gasteiger charge is 2.09. The molecule has 7 nitrogen and oxygen atoms in total. The number of rotatable bonds is 7. The van der Waals surface area contributed by atoms with Crippen molar-refractivity contribution in [2.45, 2.75) is 13.0 Å². The van der Waals surface area contributed by atoms with Gasteiger partial charge in [-0.1, -0.05) is 22.0 Å². The van der Waals surface area contributed by atoms with Crippen LogP contribution in [0, 0.1) is 0 Å². The SMILES string of the molecule is O=C(CCNC(=O)c1ccc(Br)cc1)NCc1cccnc1-n1ccnc1. The molecule has 138 valence electrons. The van der Waals surface area contributed by atoms with Gasteiger partial charge < -0.3 is 10.6 Å². The summed E-state index contributed by atoms with van der Waals surface area (Å²) >= 11 is 3.33. The number of benzene rings is 1. The zero-order valence-corrected chi connectivity index (χ0v) is 16.0. The maximum Gasteiger partial charge on any atom is 0.251 e. The predicted molar refractivity (Wildman–Crippen MR) is 104 cm³/mol. The molecule has 8 heteroatoms. The first-order chi connectivity index (χ1) is 13.1. The van der Waals surface area contributed by atoms with E-state index in [1.54, 1.807) is 53.8 Å². The Morgan fingerprint density at radius 2 is 1.89 bits per heavy atom. The second-order valence-electron chi connectivity index (χ2n) is 5.75. The third kappa shape index (κ3) is 5.24. The normalized spacial score (nSPS) is 10.4. The average Bonchev–Trinajstić information content (AvgIpc) is 3.21. The van der Waals surface area contributed by atoms with Crippen LogP contribution in [0.25, 0.3) is 5.82 Å². The molecule has 0 aliphatic carbocycles. The van der Waals surface area contributed by atoms with Crippen LogP contribution in [0.4, 0.5) is 0 Å². The first kappa shape index (κ1) is 18.8. The molecule has 0 atom stereocenters. The number of halogens is 1. The molecule has 0 aliphatic heterocycles. The van der Waals surface area contributed by atoms with Gasteiger partial charge in [-0.3, -0.25) is 14.2 Å². The Hall–Kier alpha value is -3.00. The predicted octanol–water partition coefficient (Wildman–Crippen LogP) is 2.47. The van der Waals surface area contributed by atoms with Gasteiger partial charge in [0.2, 0.25) is 5.91 Å². The van der Waals surface area contributed by atoms with Crippen LogP contribution in [0.1, 0.15) is 22.3 Å². The standard InChI is InChI=1S/C19H18BrN5O2/c20-16-5-3-14(4-6-16)19(27)23-9-7-17(26)24-12-15-2-1-8-22-18(15)25-11-10-21-13-25/h1-6,8,10-11,13H,7,9,12H2,(H,23,27)(H,24,26). The quantitative estimate of drug-likeness (QED) is 0.605. The summed E-state index contributed by atoms with van der Waals surface area (Å²) in [5, 5.41) is 5.59. The molecule has 0 fully saturated rings. The summed E-state index contributed by atoms with van der Waals surface area (Å²) in [5.41, 5.74) is 1.43. The smallest absolute Gasteiger partial charge is 0.251 e. The maximum absolute atomic E-state index is 12.1. The zero-order chi connectivity index (χ0) is 19.1. The number of pyridine rings is 1. The van der Waals surface area contributed by atoms with Crippen molar-refractivity contribution in [3.05, 3.63) is 76.9 Å². The lowest BCUT2D eigenvalue weighted by Gasteiger charge is -2.10. The number of nitrogens with zero attached hydrogens (tertiary/aromatic N) is 3. The van der Waals surface area contributed by atoms with E-state index in [0.29, 0.717) is 12.1 Å². The van der Waals surface area contributed by atoms with E-state index in [4.69, 9.17) is 0 Å². The second-order valence-corrected chi connectivity index (χ2v) is 6.66. The molecule has 0 spiro atoms. The molecule has 0 bridgehead atoms. The van der Waals surface area contributed by atoms with Gasteiger partial charge in [0.25, 0.3) is 5.91 Å². The van der Waals surface area contributed by atoms with Crippen molar-refractivity contribution in [3.63, 3.8) is 0 Å². The van der Waals surface area contributed by atoms with Gasteiger partial charge in [0.15, 0.2) is 0 Å². The molecule has 0 radical (unpaired) electrons. The van der Waals surface area contributed by atoms with E-state index in [2.05, 4.69) is 36.5 Å². The molecular formula is C19H18BrN5O2. The lowest BCUT2D eigenvalue weighted by molar-refractivity contribution is -0.121. The fourth-order valence-electron chi connectivity index (χ4n) is 2.46. The molecule has 0 saturated carbocycles. The highest BCUT2D eigenvalue weighted by molar-refractivity contribution is 9.10. The van der Waals surface area contributed by atoms with E-state index in [-0.39, 0.29) is 24.8 Å². The van der Waals surface area contributed by atoms with Crippen LogP contribution < -0.4 is 10.6 Å². The van der Waals surface area contributed by atoms with Gasteiger partial charge in [0.05, 0.1) is 0 Å². The Bertz CT molecular complexity index is 910. The number of nitrogens with one attached hydrogen (secondary N) is 2.